The van der Waals surface area contributed by atoms with Crippen LogP contribution in [0.1, 0.15) is 38.8 Å². The monoisotopic (exact) mass is 234 g/mol. The van der Waals surface area contributed by atoms with Crippen LogP contribution in [0.15, 0.2) is 30.3 Å². The molecule has 2 heteroatoms. The summed E-state index contributed by atoms with van der Waals surface area (Å²) in [6, 6.07) is 11.2. The van der Waals surface area contributed by atoms with Crippen molar-refractivity contribution >= 4 is 0 Å². The van der Waals surface area contributed by atoms with Crippen molar-refractivity contribution in [2.45, 2.75) is 33.2 Å². The van der Waals surface area contributed by atoms with E-state index in [-0.39, 0.29) is 0 Å². The Bertz CT molecular complexity index is 284. The van der Waals surface area contributed by atoms with E-state index in [1.54, 1.807) is 0 Å². The van der Waals surface area contributed by atoms with Gasteiger partial charge in [0.25, 0.3) is 0 Å². The molecule has 0 aliphatic heterocycles. The van der Waals surface area contributed by atoms with Crippen LogP contribution in [0.3, 0.4) is 0 Å². The molecular weight excluding hydrogens is 208 g/mol. The summed E-state index contributed by atoms with van der Waals surface area (Å²) in [4.78, 5) is 2.51. The number of rotatable bonds is 8. The third kappa shape index (κ3) is 4.88. The van der Waals surface area contributed by atoms with Gasteiger partial charge in [0, 0.05) is 12.6 Å². The smallest absolute Gasteiger partial charge is 0.0449 e. The molecule has 0 heterocycles. The Kier molecular flexibility index (Phi) is 6.90. The first kappa shape index (κ1) is 14.2. The molecule has 0 spiro atoms. The third-order valence-corrected chi connectivity index (χ3v) is 3.08. The molecule has 96 valence electrons. The Morgan fingerprint density at radius 2 is 1.82 bits per heavy atom. The first-order valence-corrected chi connectivity index (χ1v) is 6.82. The SMILES string of the molecule is CCCN(CC)CC(NCC)c1ccccc1. The molecule has 0 saturated carbocycles. The third-order valence-electron chi connectivity index (χ3n) is 3.08. The van der Waals surface area contributed by atoms with Crippen molar-refractivity contribution in [2.24, 2.45) is 0 Å². The molecule has 1 atom stereocenters. The maximum Gasteiger partial charge on any atom is 0.0449 e. The van der Waals surface area contributed by atoms with Gasteiger partial charge in [0.2, 0.25) is 0 Å². The fraction of sp³-hybridized carbons (Fsp3) is 0.600. The van der Waals surface area contributed by atoms with Gasteiger partial charge in [0.05, 0.1) is 0 Å². The van der Waals surface area contributed by atoms with Gasteiger partial charge in [0.1, 0.15) is 0 Å². The van der Waals surface area contributed by atoms with Gasteiger partial charge < -0.3 is 10.2 Å². The van der Waals surface area contributed by atoms with Gasteiger partial charge >= 0.3 is 0 Å². The van der Waals surface area contributed by atoms with Crippen LogP contribution in [0, 0.1) is 0 Å². The van der Waals surface area contributed by atoms with E-state index < -0.39 is 0 Å². The zero-order valence-corrected chi connectivity index (χ0v) is 11.4. The predicted octanol–water partition coefficient (Wildman–Crippen LogP) is 3.07. The van der Waals surface area contributed by atoms with Crippen molar-refractivity contribution in [1.29, 1.82) is 0 Å². The molecule has 0 bridgehead atoms. The fourth-order valence-corrected chi connectivity index (χ4v) is 2.17. The van der Waals surface area contributed by atoms with Crippen LogP contribution < -0.4 is 5.32 Å². The molecule has 1 aromatic rings. The van der Waals surface area contributed by atoms with E-state index in [0.29, 0.717) is 6.04 Å². The minimum absolute atomic E-state index is 0.452. The van der Waals surface area contributed by atoms with Crippen LogP contribution in [0.2, 0.25) is 0 Å². The summed E-state index contributed by atoms with van der Waals surface area (Å²) in [5.41, 5.74) is 1.39. The molecule has 0 aliphatic carbocycles. The van der Waals surface area contributed by atoms with Gasteiger partial charge in [-0.05, 0) is 31.6 Å². The Hall–Kier alpha value is -0.860. The number of hydrogen-bond donors (Lipinski definition) is 1. The summed E-state index contributed by atoms with van der Waals surface area (Å²) in [5.74, 6) is 0. The van der Waals surface area contributed by atoms with E-state index >= 15 is 0 Å². The highest BCUT2D eigenvalue weighted by Gasteiger charge is 2.13. The Balaban J connectivity index is 2.65. The standard InChI is InChI=1S/C15H26N2/c1-4-12-17(6-3)13-15(16-5-2)14-10-8-7-9-11-14/h7-11,15-16H,4-6,12-13H2,1-3H3. The van der Waals surface area contributed by atoms with Crippen LogP contribution >= 0.6 is 0 Å². The number of hydrogen-bond acceptors (Lipinski definition) is 2. The predicted molar refractivity (Wildman–Crippen MR) is 75.3 cm³/mol. The van der Waals surface area contributed by atoms with Gasteiger partial charge in [-0.25, -0.2) is 0 Å². The lowest BCUT2D eigenvalue weighted by molar-refractivity contribution is 0.255. The van der Waals surface area contributed by atoms with E-state index in [4.69, 9.17) is 0 Å². The summed E-state index contributed by atoms with van der Waals surface area (Å²) in [6.07, 6.45) is 1.22. The number of benzene rings is 1. The van der Waals surface area contributed by atoms with Crippen LogP contribution in [-0.4, -0.2) is 31.1 Å². The molecule has 1 unspecified atom stereocenters. The minimum Gasteiger partial charge on any atom is -0.309 e. The molecule has 0 aromatic heterocycles. The van der Waals surface area contributed by atoms with Crippen LogP contribution in [-0.2, 0) is 0 Å². The average molecular weight is 234 g/mol. The molecule has 0 amide bonds. The summed E-state index contributed by atoms with van der Waals surface area (Å²) < 4.78 is 0. The van der Waals surface area contributed by atoms with Crippen molar-refractivity contribution in [3.63, 3.8) is 0 Å². The molecule has 2 nitrogen and oxygen atoms in total. The van der Waals surface area contributed by atoms with Crippen molar-refractivity contribution in [3.8, 4) is 0 Å². The van der Waals surface area contributed by atoms with E-state index in [2.05, 4.69) is 61.3 Å². The van der Waals surface area contributed by atoms with Crippen LogP contribution in [0.4, 0.5) is 0 Å². The molecule has 0 fully saturated rings. The Morgan fingerprint density at radius 1 is 1.12 bits per heavy atom. The molecule has 0 saturated heterocycles. The number of nitrogens with one attached hydrogen (secondary N) is 1. The van der Waals surface area contributed by atoms with Gasteiger partial charge in [-0.1, -0.05) is 51.1 Å². The van der Waals surface area contributed by atoms with Crippen molar-refractivity contribution in [2.75, 3.05) is 26.2 Å². The van der Waals surface area contributed by atoms with E-state index in [1.807, 2.05) is 0 Å². The van der Waals surface area contributed by atoms with Gasteiger partial charge in [-0.15, -0.1) is 0 Å². The molecule has 0 radical (unpaired) electrons. The second kappa shape index (κ2) is 8.26. The van der Waals surface area contributed by atoms with Gasteiger partial charge in [0.15, 0.2) is 0 Å². The highest BCUT2D eigenvalue weighted by atomic mass is 15.1. The normalized spacial score (nSPS) is 12.9. The quantitative estimate of drug-likeness (QED) is 0.743. The van der Waals surface area contributed by atoms with E-state index in [0.717, 1.165) is 19.6 Å². The highest BCUT2D eigenvalue weighted by Crippen LogP contribution is 2.14. The largest absolute Gasteiger partial charge is 0.309 e. The van der Waals surface area contributed by atoms with Crippen molar-refractivity contribution < 1.29 is 0 Å². The molecule has 1 aromatic carbocycles. The van der Waals surface area contributed by atoms with E-state index in [9.17, 15) is 0 Å². The number of likely N-dealkylation sites (N-methyl/N-ethyl adjacent to an activating group) is 2. The van der Waals surface area contributed by atoms with E-state index in [1.165, 1.54) is 18.5 Å². The number of nitrogens with zero attached hydrogens (tertiary/aromatic N) is 1. The molecule has 17 heavy (non-hydrogen) atoms. The van der Waals surface area contributed by atoms with Crippen LogP contribution in [0.5, 0.6) is 0 Å². The van der Waals surface area contributed by atoms with Crippen LogP contribution in [0.25, 0.3) is 0 Å². The molecule has 1 N–H and O–H groups in total. The lowest BCUT2D eigenvalue weighted by Gasteiger charge is -2.27. The summed E-state index contributed by atoms with van der Waals surface area (Å²) in [7, 11) is 0. The molecular formula is C15H26N2. The summed E-state index contributed by atoms with van der Waals surface area (Å²) in [6.45, 7) is 11.1. The second-order valence-electron chi connectivity index (χ2n) is 4.41. The van der Waals surface area contributed by atoms with Gasteiger partial charge in [-0.3, -0.25) is 0 Å². The lowest BCUT2D eigenvalue weighted by atomic mass is 10.1. The highest BCUT2D eigenvalue weighted by molar-refractivity contribution is 5.19. The Labute approximate surface area is 106 Å². The van der Waals surface area contributed by atoms with Crippen molar-refractivity contribution in [1.82, 2.24) is 10.2 Å². The first-order chi connectivity index (χ1) is 8.31. The topological polar surface area (TPSA) is 15.3 Å². The van der Waals surface area contributed by atoms with Crippen molar-refractivity contribution in [3.05, 3.63) is 35.9 Å². The average Bonchev–Trinajstić information content (AvgIpc) is 2.38. The Morgan fingerprint density at radius 3 is 2.35 bits per heavy atom. The lowest BCUT2D eigenvalue weighted by Crippen LogP contribution is -2.35. The molecule has 0 aliphatic rings. The maximum atomic E-state index is 3.58. The summed E-state index contributed by atoms with van der Waals surface area (Å²) >= 11 is 0. The zero-order valence-electron chi connectivity index (χ0n) is 11.4. The first-order valence-electron chi connectivity index (χ1n) is 6.82. The second-order valence-corrected chi connectivity index (χ2v) is 4.41. The minimum atomic E-state index is 0.452. The molecule has 1 rings (SSSR count). The fourth-order valence-electron chi connectivity index (χ4n) is 2.17. The van der Waals surface area contributed by atoms with Gasteiger partial charge in [-0.2, -0.15) is 0 Å². The zero-order chi connectivity index (χ0) is 12.5. The summed E-state index contributed by atoms with van der Waals surface area (Å²) in [5, 5.41) is 3.58. The maximum absolute atomic E-state index is 3.58.